The summed E-state index contributed by atoms with van der Waals surface area (Å²) in [6, 6.07) is 6.32. The first-order chi connectivity index (χ1) is 10.8. The zero-order chi connectivity index (χ0) is 15.6. The van der Waals surface area contributed by atoms with Crippen LogP contribution in [0.15, 0.2) is 41.7 Å². The van der Waals surface area contributed by atoms with E-state index in [0.29, 0.717) is 19.0 Å². The summed E-state index contributed by atoms with van der Waals surface area (Å²) in [6.45, 7) is 1.29. The minimum atomic E-state index is 0.611. The van der Waals surface area contributed by atoms with Crippen LogP contribution >= 0.6 is 0 Å². The van der Waals surface area contributed by atoms with Crippen LogP contribution in [0.5, 0.6) is 0 Å². The van der Waals surface area contributed by atoms with Crippen molar-refractivity contribution in [1.82, 2.24) is 15.3 Å². The summed E-state index contributed by atoms with van der Waals surface area (Å²) in [6.07, 6.45) is 14.8. The number of aromatic nitrogens is 2. The highest BCUT2D eigenvalue weighted by molar-refractivity contribution is 5.93. The smallest absolute Gasteiger partial charge is 0.137 e. The number of fused-ring (bicyclic) bond motifs is 1. The molecule has 0 saturated carbocycles. The standard InChI is InChI=1S/C17H20N4O/c1-3-18-16(19-11-12-22-2)9-5-4-7-14-13-21-17-15(14)8-6-10-20-17/h1,5-6,8-10,13H,4,7,11-12H2,2H3,(H,18,19)(H,20,21)/b9-5-. The van der Waals surface area contributed by atoms with Gasteiger partial charge in [-0.2, -0.15) is 4.99 Å². The number of methoxy groups -OCH3 is 1. The Balaban J connectivity index is 1.88. The Morgan fingerprint density at radius 3 is 3.32 bits per heavy atom. The van der Waals surface area contributed by atoms with Crippen LogP contribution in [-0.2, 0) is 11.2 Å². The molecule has 5 heteroatoms. The van der Waals surface area contributed by atoms with Crippen molar-refractivity contribution in [3.8, 4) is 12.5 Å². The zero-order valence-corrected chi connectivity index (χ0v) is 12.7. The Morgan fingerprint density at radius 1 is 1.59 bits per heavy atom. The number of aliphatic imine (C=N–C) groups is 1. The second-order valence-electron chi connectivity index (χ2n) is 4.70. The fraction of sp³-hybridized carbons (Fsp3) is 0.294. The van der Waals surface area contributed by atoms with Crippen molar-refractivity contribution in [2.75, 3.05) is 20.3 Å². The lowest BCUT2D eigenvalue weighted by Crippen LogP contribution is -2.25. The number of H-pyrrole nitrogens is 1. The van der Waals surface area contributed by atoms with Crippen LogP contribution in [0.4, 0.5) is 0 Å². The highest BCUT2D eigenvalue weighted by atomic mass is 16.5. The molecule has 114 valence electrons. The maximum absolute atomic E-state index is 5.22. The summed E-state index contributed by atoms with van der Waals surface area (Å²) < 4.78 is 4.98. The van der Waals surface area contributed by atoms with E-state index in [2.05, 4.69) is 38.5 Å². The second kappa shape index (κ2) is 8.65. The summed E-state index contributed by atoms with van der Waals surface area (Å²) in [5.74, 6) is 0.681. The molecule has 0 aliphatic heterocycles. The van der Waals surface area contributed by atoms with Crippen molar-refractivity contribution in [1.29, 1.82) is 0 Å². The molecule has 0 saturated heterocycles. The van der Waals surface area contributed by atoms with Gasteiger partial charge in [0.2, 0.25) is 0 Å². The Bertz CT molecular complexity index is 694. The predicted molar refractivity (Wildman–Crippen MR) is 89.7 cm³/mol. The average molecular weight is 296 g/mol. The molecule has 0 bridgehead atoms. The number of pyridine rings is 1. The van der Waals surface area contributed by atoms with Crippen molar-refractivity contribution in [3.05, 3.63) is 42.2 Å². The lowest BCUT2D eigenvalue weighted by atomic mass is 10.1. The van der Waals surface area contributed by atoms with Crippen LogP contribution in [0.3, 0.4) is 0 Å². The van der Waals surface area contributed by atoms with Crippen molar-refractivity contribution in [2.45, 2.75) is 12.8 Å². The summed E-state index contributed by atoms with van der Waals surface area (Å²) in [5, 5.41) is 4.30. The molecule has 0 spiro atoms. The van der Waals surface area contributed by atoms with Gasteiger partial charge < -0.3 is 15.0 Å². The molecule has 2 heterocycles. The largest absolute Gasteiger partial charge is 0.383 e. The van der Waals surface area contributed by atoms with Gasteiger partial charge in [-0.1, -0.05) is 12.5 Å². The molecule has 2 rings (SSSR count). The Labute approximate surface area is 130 Å². The molecule has 0 amide bonds. The summed E-state index contributed by atoms with van der Waals surface area (Å²) in [7, 11) is 1.66. The molecule has 5 nitrogen and oxygen atoms in total. The third-order valence-electron chi connectivity index (χ3n) is 3.19. The first-order valence-electron chi connectivity index (χ1n) is 7.18. The van der Waals surface area contributed by atoms with Gasteiger partial charge >= 0.3 is 0 Å². The van der Waals surface area contributed by atoms with Crippen LogP contribution in [0.25, 0.3) is 11.0 Å². The lowest BCUT2D eigenvalue weighted by Gasteiger charge is -2.03. The summed E-state index contributed by atoms with van der Waals surface area (Å²) >= 11 is 0. The fourth-order valence-electron chi connectivity index (χ4n) is 2.14. The number of nitrogens with zero attached hydrogens (tertiary/aromatic N) is 2. The number of terminal acetylenes is 1. The minimum absolute atomic E-state index is 0.611. The van der Waals surface area contributed by atoms with Gasteiger partial charge in [0.15, 0.2) is 0 Å². The van der Waals surface area contributed by atoms with Gasteiger partial charge in [0.1, 0.15) is 11.5 Å². The van der Waals surface area contributed by atoms with Crippen LogP contribution in [-0.4, -0.2) is 36.1 Å². The van der Waals surface area contributed by atoms with Crippen LogP contribution in [0.1, 0.15) is 12.0 Å². The number of aryl methyl sites for hydroxylation is 1. The van der Waals surface area contributed by atoms with Gasteiger partial charge in [-0.05, 0) is 36.6 Å². The van der Waals surface area contributed by atoms with E-state index in [1.165, 1.54) is 10.9 Å². The number of amidine groups is 1. The zero-order valence-electron chi connectivity index (χ0n) is 12.7. The van der Waals surface area contributed by atoms with Crippen molar-refractivity contribution >= 4 is 16.9 Å². The number of hydrogen-bond acceptors (Lipinski definition) is 3. The highest BCUT2D eigenvalue weighted by Gasteiger charge is 2.02. The number of allylic oxidation sites excluding steroid dienone is 1. The fourth-order valence-corrected chi connectivity index (χ4v) is 2.14. The minimum Gasteiger partial charge on any atom is -0.383 e. The molecule has 0 radical (unpaired) electrons. The maximum Gasteiger partial charge on any atom is 0.137 e. The molecule has 0 atom stereocenters. The summed E-state index contributed by atoms with van der Waals surface area (Å²) in [4.78, 5) is 11.4. The second-order valence-corrected chi connectivity index (χ2v) is 4.70. The van der Waals surface area contributed by atoms with E-state index in [1.807, 2.05) is 18.3 Å². The Kier molecular flexibility index (Phi) is 6.21. The van der Waals surface area contributed by atoms with Crippen molar-refractivity contribution in [2.24, 2.45) is 4.99 Å². The van der Waals surface area contributed by atoms with E-state index in [9.17, 15) is 0 Å². The molecule has 2 aromatic heterocycles. The van der Waals surface area contributed by atoms with E-state index >= 15 is 0 Å². The van der Waals surface area contributed by atoms with Crippen LogP contribution in [0, 0.1) is 12.5 Å². The number of rotatable bonds is 7. The van der Waals surface area contributed by atoms with Gasteiger partial charge in [-0.15, -0.1) is 0 Å². The van der Waals surface area contributed by atoms with E-state index in [1.54, 1.807) is 13.3 Å². The Hall–Kier alpha value is -2.58. The Morgan fingerprint density at radius 2 is 2.50 bits per heavy atom. The number of ether oxygens (including phenoxy) is 1. The topological polar surface area (TPSA) is 62.3 Å². The monoisotopic (exact) mass is 296 g/mol. The van der Waals surface area contributed by atoms with Gasteiger partial charge in [0.25, 0.3) is 0 Å². The molecule has 22 heavy (non-hydrogen) atoms. The van der Waals surface area contributed by atoms with Gasteiger partial charge in [0.05, 0.1) is 6.61 Å². The van der Waals surface area contributed by atoms with Gasteiger partial charge in [0, 0.05) is 37.5 Å². The molecule has 0 unspecified atom stereocenters. The highest BCUT2D eigenvalue weighted by Crippen LogP contribution is 2.17. The normalized spacial score (nSPS) is 11.9. The average Bonchev–Trinajstić information content (AvgIpc) is 2.95. The SMILES string of the molecule is C#CN=C(/C=C\CCc1c[nH]c2ncccc12)NCCOC. The van der Waals surface area contributed by atoms with E-state index < -0.39 is 0 Å². The van der Waals surface area contributed by atoms with Crippen molar-refractivity contribution < 1.29 is 4.74 Å². The third kappa shape index (κ3) is 4.47. The molecule has 0 fully saturated rings. The third-order valence-corrected chi connectivity index (χ3v) is 3.19. The van der Waals surface area contributed by atoms with E-state index in [-0.39, 0.29) is 0 Å². The molecule has 0 aliphatic rings. The maximum atomic E-state index is 5.22. The molecular formula is C17H20N4O. The van der Waals surface area contributed by atoms with Gasteiger partial charge in [-0.3, -0.25) is 0 Å². The predicted octanol–water partition coefficient (Wildman–Crippen LogP) is 2.28. The first-order valence-corrected chi connectivity index (χ1v) is 7.18. The molecule has 0 aliphatic carbocycles. The van der Waals surface area contributed by atoms with E-state index in [4.69, 9.17) is 11.2 Å². The molecule has 2 aromatic rings. The molecular weight excluding hydrogens is 276 g/mol. The summed E-state index contributed by atoms with van der Waals surface area (Å²) in [5.41, 5.74) is 2.19. The number of hydrogen-bond donors (Lipinski definition) is 2. The molecule has 2 N–H and O–H groups in total. The van der Waals surface area contributed by atoms with Crippen LogP contribution < -0.4 is 5.32 Å². The van der Waals surface area contributed by atoms with Crippen molar-refractivity contribution in [3.63, 3.8) is 0 Å². The van der Waals surface area contributed by atoms with Gasteiger partial charge in [-0.25, -0.2) is 4.98 Å². The van der Waals surface area contributed by atoms with Crippen LogP contribution in [0.2, 0.25) is 0 Å². The number of nitrogens with one attached hydrogen (secondary N) is 2. The first kappa shape index (κ1) is 15.8. The lowest BCUT2D eigenvalue weighted by molar-refractivity contribution is 0.204. The number of aromatic amines is 1. The quantitative estimate of drug-likeness (QED) is 0.356. The van der Waals surface area contributed by atoms with E-state index in [0.717, 1.165) is 18.5 Å². The molecule has 0 aromatic carbocycles.